The predicted octanol–water partition coefficient (Wildman–Crippen LogP) is 1.23. The third-order valence-electron chi connectivity index (χ3n) is 3.32. The number of anilines is 1. The molecule has 0 radical (unpaired) electrons. The Morgan fingerprint density at radius 2 is 2.17 bits per heavy atom. The van der Waals surface area contributed by atoms with E-state index in [1.165, 1.54) is 24.1 Å². The summed E-state index contributed by atoms with van der Waals surface area (Å²) in [6, 6.07) is 1.99. The molecule has 94 valence electrons. The number of hydrogen-bond donors (Lipinski definition) is 3. The van der Waals surface area contributed by atoms with E-state index in [4.69, 9.17) is 16.0 Å². The summed E-state index contributed by atoms with van der Waals surface area (Å²) in [6.45, 7) is 0. The highest BCUT2D eigenvalue weighted by Gasteiger charge is 2.23. The van der Waals surface area contributed by atoms with E-state index in [0.717, 1.165) is 18.5 Å². The highest BCUT2D eigenvalue weighted by Crippen LogP contribution is 2.31. The molecule has 0 spiro atoms. The van der Waals surface area contributed by atoms with Crippen LogP contribution in [0.3, 0.4) is 0 Å². The minimum Gasteiger partial charge on any atom is -0.380 e. The fraction of sp³-hybridized carbons (Fsp3) is 0.333. The van der Waals surface area contributed by atoms with Crippen LogP contribution in [0.15, 0.2) is 10.6 Å². The molecule has 6 heteroatoms. The molecule has 2 aromatic heterocycles. The lowest BCUT2D eigenvalue weighted by molar-refractivity contribution is 0.100. The van der Waals surface area contributed by atoms with Crippen LogP contribution in [-0.2, 0) is 12.8 Å². The van der Waals surface area contributed by atoms with Crippen LogP contribution in [0.25, 0.3) is 11.5 Å². The summed E-state index contributed by atoms with van der Waals surface area (Å²) in [5, 5.41) is 3.60. The number of nitrogens with two attached hydrogens (primary N) is 2. The predicted molar refractivity (Wildman–Crippen MR) is 65.9 cm³/mol. The molecule has 18 heavy (non-hydrogen) atoms. The lowest BCUT2D eigenvalue weighted by atomic mass is 9.98. The van der Waals surface area contributed by atoms with Gasteiger partial charge < -0.3 is 21.0 Å². The molecule has 2 heterocycles. The van der Waals surface area contributed by atoms with E-state index < -0.39 is 5.91 Å². The van der Waals surface area contributed by atoms with E-state index in [1.807, 2.05) is 6.07 Å². The van der Waals surface area contributed by atoms with Crippen molar-refractivity contribution in [3.63, 3.8) is 0 Å². The van der Waals surface area contributed by atoms with Crippen molar-refractivity contribution in [2.75, 3.05) is 5.73 Å². The summed E-state index contributed by atoms with van der Waals surface area (Å²) in [7, 11) is 0. The number of nitrogens with one attached hydrogen (secondary N) is 1. The number of H-pyrrole nitrogens is 1. The van der Waals surface area contributed by atoms with Crippen LogP contribution in [0.5, 0.6) is 0 Å². The molecule has 2 aromatic rings. The zero-order valence-corrected chi connectivity index (χ0v) is 9.82. The first-order valence-corrected chi connectivity index (χ1v) is 5.93. The zero-order valence-electron chi connectivity index (χ0n) is 9.82. The molecule has 0 saturated carbocycles. The number of rotatable bonds is 2. The summed E-state index contributed by atoms with van der Waals surface area (Å²) in [5.41, 5.74) is 14.2. The average molecular weight is 246 g/mol. The van der Waals surface area contributed by atoms with Crippen LogP contribution in [0.1, 0.15) is 34.5 Å². The first-order valence-electron chi connectivity index (χ1n) is 5.93. The van der Waals surface area contributed by atoms with E-state index in [1.54, 1.807) is 0 Å². The van der Waals surface area contributed by atoms with Gasteiger partial charge in [0.05, 0.1) is 5.69 Å². The average Bonchev–Trinajstić information content (AvgIpc) is 2.91. The normalized spacial score (nSPS) is 14.4. The number of fused-ring (bicyclic) bond motifs is 1. The number of nitrogens with zero attached hydrogens (tertiary/aromatic N) is 1. The fourth-order valence-corrected chi connectivity index (χ4v) is 2.45. The van der Waals surface area contributed by atoms with Gasteiger partial charge in [0.15, 0.2) is 11.6 Å². The van der Waals surface area contributed by atoms with Crippen LogP contribution in [0.4, 0.5) is 5.82 Å². The summed E-state index contributed by atoms with van der Waals surface area (Å²) in [5.74, 6) is -0.268. The minimum atomic E-state index is -0.628. The third-order valence-corrected chi connectivity index (χ3v) is 3.32. The van der Waals surface area contributed by atoms with E-state index in [0.29, 0.717) is 5.76 Å². The molecule has 1 amide bonds. The molecule has 1 aliphatic rings. The van der Waals surface area contributed by atoms with Gasteiger partial charge in [0.2, 0.25) is 0 Å². The van der Waals surface area contributed by atoms with Gasteiger partial charge in [-0.3, -0.25) is 4.79 Å². The van der Waals surface area contributed by atoms with Crippen LogP contribution < -0.4 is 11.5 Å². The van der Waals surface area contributed by atoms with Crippen molar-refractivity contribution in [1.29, 1.82) is 0 Å². The molecule has 0 saturated heterocycles. The molecule has 0 unspecified atom stereocenters. The number of carbonyl (C=O) groups is 1. The summed E-state index contributed by atoms with van der Waals surface area (Å²) < 4.78 is 5.11. The van der Waals surface area contributed by atoms with Gasteiger partial charge in [-0.25, -0.2) is 0 Å². The molecule has 0 fully saturated rings. The number of aromatic amines is 1. The fourth-order valence-electron chi connectivity index (χ4n) is 2.45. The molecule has 0 bridgehead atoms. The largest absolute Gasteiger partial charge is 0.380 e. The van der Waals surface area contributed by atoms with Gasteiger partial charge in [-0.05, 0) is 37.3 Å². The van der Waals surface area contributed by atoms with E-state index >= 15 is 0 Å². The molecule has 1 aliphatic carbocycles. The van der Waals surface area contributed by atoms with Gasteiger partial charge in [0.25, 0.3) is 5.91 Å². The van der Waals surface area contributed by atoms with Gasteiger partial charge in [0, 0.05) is 5.69 Å². The quantitative estimate of drug-likeness (QED) is 0.739. The number of hydrogen-bond acceptors (Lipinski definition) is 4. The van der Waals surface area contributed by atoms with Gasteiger partial charge in [-0.1, -0.05) is 5.16 Å². The van der Waals surface area contributed by atoms with Crippen molar-refractivity contribution < 1.29 is 9.32 Å². The Bertz CT molecular complexity index is 588. The number of aryl methyl sites for hydroxylation is 2. The highest BCUT2D eigenvalue weighted by atomic mass is 16.5. The van der Waals surface area contributed by atoms with Gasteiger partial charge in [0.1, 0.15) is 5.56 Å². The van der Waals surface area contributed by atoms with Crippen molar-refractivity contribution in [2.24, 2.45) is 5.73 Å². The Balaban J connectivity index is 2.10. The number of nitrogen functional groups attached to an aromatic ring is 1. The third kappa shape index (κ3) is 1.57. The Morgan fingerprint density at radius 1 is 1.39 bits per heavy atom. The van der Waals surface area contributed by atoms with Crippen molar-refractivity contribution in [2.45, 2.75) is 25.7 Å². The SMILES string of the molecule is NC(=O)c1c(N)noc1-c1cc2c([nH]1)CCCC2. The van der Waals surface area contributed by atoms with E-state index in [2.05, 4.69) is 10.1 Å². The maximum absolute atomic E-state index is 11.3. The molecule has 3 rings (SSSR count). The Hall–Kier alpha value is -2.24. The standard InChI is InChI=1S/C12H14N4O2/c13-11-9(12(14)17)10(18-16-11)8-5-6-3-1-2-4-7(6)15-8/h5,15H,1-4H2,(H2,13,16)(H2,14,17). The second kappa shape index (κ2) is 3.90. The highest BCUT2D eigenvalue weighted by molar-refractivity contribution is 6.02. The second-order valence-corrected chi connectivity index (χ2v) is 4.53. The summed E-state index contributed by atoms with van der Waals surface area (Å²) >= 11 is 0. The second-order valence-electron chi connectivity index (χ2n) is 4.53. The first kappa shape index (κ1) is 10.9. The van der Waals surface area contributed by atoms with Crippen molar-refractivity contribution in [3.8, 4) is 11.5 Å². The van der Waals surface area contributed by atoms with Crippen molar-refractivity contribution in [1.82, 2.24) is 10.1 Å². The van der Waals surface area contributed by atoms with Crippen LogP contribution in [0, 0.1) is 0 Å². The Morgan fingerprint density at radius 3 is 2.89 bits per heavy atom. The molecule has 0 atom stereocenters. The van der Waals surface area contributed by atoms with Crippen molar-refractivity contribution >= 4 is 11.7 Å². The molecule has 0 aliphatic heterocycles. The lowest BCUT2D eigenvalue weighted by Gasteiger charge is -2.08. The van der Waals surface area contributed by atoms with Crippen LogP contribution >= 0.6 is 0 Å². The number of amides is 1. The summed E-state index contributed by atoms with van der Waals surface area (Å²) in [4.78, 5) is 14.6. The van der Waals surface area contributed by atoms with Gasteiger partial charge in [-0.2, -0.15) is 0 Å². The zero-order chi connectivity index (χ0) is 12.7. The van der Waals surface area contributed by atoms with Crippen molar-refractivity contribution in [3.05, 3.63) is 22.9 Å². The number of aromatic nitrogens is 2. The van der Waals surface area contributed by atoms with Gasteiger partial charge in [-0.15, -0.1) is 0 Å². The molecule has 0 aromatic carbocycles. The first-order chi connectivity index (χ1) is 8.66. The van der Waals surface area contributed by atoms with Crippen LogP contribution in [0.2, 0.25) is 0 Å². The molecule has 6 nitrogen and oxygen atoms in total. The number of primary amides is 1. The van der Waals surface area contributed by atoms with Crippen LogP contribution in [-0.4, -0.2) is 16.0 Å². The maximum atomic E-state index is 11.3. The molecular weight excluding hydrogens is 232 g/mol. The maximum Gasteiger partial charge on any atom is 0.256 e. The monoisotopic (exact) mass is 246 g/mol. The Kier molecular flexibility index (Phi) is 2.36. The van der Waals surface area contributed by atoms with E-state index in [9.17, 15) is 4.79 Å². The smallest absolute Gasteiger partial charge is 0.256 e. The van der Waals surface area contributed by atoms with E-state index in [-0.39, 0.29) is 11.4 Å². The van der Waals surface area contributed by atoms with Gasteiger partial charge >= 0.3 is 0 Å². The topological polar surface area (TPSA) is 111 Å². The number of carbonyl (C=O) groups excluding carboxylic acids is 1. The Labute approximate surface area is 103 Å². The lowest BCUT2D eigenvalue weighted by Crippen LogP contribution is -2.13. The summed E-state index contributed by atoms with van der Waals surface area (Å²) in [6.07, 6.45) is 4.42. The molecule has 5 N–H and O–H groups in total. The minimum absolute atomic E-state index is 0.0325. The molecular formula is C12H14N4O2.